The van der Waals surface area contributed by atoms with E-state index in [4.69, 9.17) is 0 Å². The summed E-state index contributed by atoms with van der Waals surface area (Å²) >= 11 is 3.42. The van der Waals surface area contributed by atoms with E-state index in [0.29, 0.717) is 0 Å². The molecule has 0 bridgehead atoms. The quantitative estimate of drug-likeness (QED) is 0.731. The number of hydrogen-bond acceptors (Lipinski definition) is 1. The number of nitrogens with one attached hydrogen (secondary N) is 1. The molecule has 0 aliphatic carbocycles. The fraction of sp³-hybridized carbons (Fsp3) is 0.125. The third kappa shape index (κ3) is 2.09. The van der Waals surface area contributed by atoms with Gasteiger partial charge in [0.1, 0.15) is 5.60 Å². The fourth-order valence-corrected chi connectivity index (χ4v) is 2.70. The van der Waals surface area contributed by atoms with Gasteiger partial charge in [-0.05, 0) is 42.3 Å². The van der Waals surface area contributed by atoms with Crippen molar-refractivity contribution in [2.45, 2.75) is 12.5 Å². The molecule has 1 unspecified atom stereocenters. The molecule has 2 N–H and O–H groups in total. The minimum Gasteiger partial charge on any atom is -0.381 e. The lowest BCUT2D eigenvalue weighted by molar-refractivity contribution is 0.104. The number of rotatable bonds is 2. The van der Waals surface area contributed by atoms with Crippen molar-refractivity contribution in [1.82, 2.24) is 4.98 Å². The fourth-order valence-electron chi connectivity index (χ4n) is 2.44. The average molecular weight is 316 g/mol. The normalized spacial score (nSPS) is 14.5. The van der Waals surface area contributed by atoms with Gasteiger partial charge in [0, 0.05) is 21.6 Å². The Kier molecular flexibility index (Phi) is 2.96. The summed E-state index contributed by atoms with van der Waals surface area (Å²) in [6, 6.07) is 15.7. The van der Waals surface area contributed by atoms with Crippen molar-refractivity contribution in [2.24, 2.45) is 0 Å². The molecule has 0 spiro atoms. The maximum atomic E-state index is 10.9. The van der Waals surface area contributed by atoms with Crippen LogP contribution in [-0.4, -0.2) is 10.1 Å². The van der Waals surface area contributed by atoms with Gasteiger partial charge in [-0.15, -0.1) is 0 Å². The van der Waals surface area contributed by atoms with Crippen LogP contribution in [0.2, 0.25) is 0 Å². The average Bonchev–Trinajstić information content (AvgIpc) is 2.87. The molecule has 0 radical (unpaired) electrons. The zero-order chi connectivity index (χ0) is 13.5. The summed E-state index contributed by atoms with van der Waals surface area (Å²) in [7, 11) is 0. The number of aromatic nitrogens is 1. The third-order valence-corrected chi connectivity index (χ3v) is 4.05. The molecular formula is C16H14BrNO. The van der Waals surface area contributed by atoms with Gasteiger partial charge >= 0.3 is 0 Å². The molecule has 3 heteroatoms. The predicted octanol–water partition coefficient (Wildman–Crippen LogP) is 4.19. The van der Waals surface area contributed by atoms with E-state index in [0.717, 1.165) is 26.5 Å². The van der Waals surface area contributed by atoms with Crippen molar-refractivity contribution < 1.29 is 5.11 Å². The summed E-state index contributed by atoms with van der Waals surface area (Å²) in [6.45, 7) is 1.83. The second kappa shape index (κ2) is 4.51. The predicted molar refractivity (Wildman–Crippen MR) is 81.1 cm³/mol. The molecule has 0 aliphatic heterocycles. The third-order valence-electron chi connectivity index (χ3n) is 3.53. The van der Waals surface area contributed by atoms with Crippen molar-refractivity contribution in [2.75, 3.05) is 0 Å². The Balaban J connectivity index is 2.18. The molecule has 1 aromatic heterocycles. The van der Waals surface area contributed by atoms with E-state index in [1.807, 2.05) is 61.7 Å². The Morgan fingerprint density at radius 3 is 2.53 bits per heavy atom. The van der Waals surface area contributed by atoms with E-state index in [-0.39, 0.29) is 0 Å². The van der Waals surface area contributed by atoms with Gasteiger partial charge in [-0.1, -0.05) is 40.2 Å². The second-order valence-electron chi connectivity index (χ2n) is 4.82. The van der Waals surface area contributed by atoms with Crippen molar-refractivity contribution in [3.05, 3.63) is 70.3 Å². The number of H-pyrrole nitrogens is 1. The zero-order valence-corrected chi connectivity index (χ0v) is 12.1. The first-order valence-corrected chi connectivity index (χ1v) is 6.93. The topological polar surface area (TPSA) is 36.0 Å². The molecule has 1 heterocycles. The highest BCUT2D eigenvalue weighted by Gasteiger charge is 2.27. The lowest BCUT2D eigenvalue weighted by Gasteiger charge is -2.25. The van der Waals surface area contributed by atoms with Crippen LogP contribution in [0.4, 0.5) is 0 Å². The molecule has 3 aromatic rings. The number of benzene rings is 2. The Morgan fingerprint density at radius 2 is 1.79 bits per heavy atom. The Hall–Kier alpha value is -1.58. The van der Waals surface area contributed by atoms with Gasteiger partial charge in [-0.2, -0.15) is 0 Å². The number of hydrogen-bond donors (Lipinski definition) is 2. The van der Waals surface area contributed by atoms with E-state index in [2.05, 4.69) is 20.9 Å². The molecule has 96 valence electrons. The van der Waals surface area contributed by atoms with Crippen LogP contribution in [0.5, 0.6) is 0 Å². The van der Waals surface area contributed by atoms with Crippen LogP contribution < -0.4 is 0 Å². The van der Waals surface area contributed by atoms with Crippen LogP contribution in [0.15, 0.2) is 59.2 Å². The van der Waals surface area contributed by atoms with Gasteiger partial charge in [0.25, 0.3) is 0 Å². The van der Waals surface area contributed by atoms with Gasteiger partial charge in [0.05, 0.1) is 0 Å². The molecule has 3 rings (SSSR count). The minimum atomic E-state index is -1.01. The summed E-state index contributed by atoms with van der Waals surface area (Å²) in [5.74, 6) is 0. The number of halogens is 1. The summed E-state index contributed by atoms with van der Waals surface area (Å²) in [6.07, 6.45) is 1.89. The van der Waals surface area contributed by atoms with Crippen LogP contribution >= 0.6 is 15.9 Å². The van der Waals surface area contributed by atoms with E-state index in [1.54, 1.807) is 0 Å². The SMILES string of the molecule is CC(O)(c1ccc(Br)cc1)c1cccc2[nH]ccc12. The number of aliphatic hydroxyl groups is 1. The van der Waals surface area contributed by atoms with E-state index < -0.39 is 5.60 Å². The van der Waals surface area contributed by atoms with Crippen molar-refractivity contribution in [1.29, 1.82) is 0 Å². The molecule has 0 amide bonds. The highest BCUT2D eigenvalue weighted by molar-refractivity contribution is 9.10. The maximum absolute atomic E-state index is 10.9. The van der Waals surface area contributed by atoms with E-state index in [9.17, 15) is 5.11 Å². The lowest BCUT2D eigenvalue weighted by Crippen LogP contribution is -2.22. The summed E-state index contributed by atoms with van der Waals surface area (Å²) < 4.78 is 1.01. The molecule has 2 aromatic carbocycles. The van der Waals surface area contributed by atoms with E-state index in [1.165, 1.54) is 0 Å². The molecule has 0 saturated heterocycles. The zero-order valence-electron chi connectivity index (χ0n) is 10.5. The van der Waals surface area contributed by atoms with Gasteiger partial charge in [-0.25, -0.2) is 0 Å². The highest BCUT2D eigenvalue weighted by Crippen LogP contribution is 2.34. The maximum Gasteiger partial charge on any atom is 0.112 e. The highest BCUT2D eigenvalue weighted by atomic mass is 79.9. The molecular weight excluding hydrogens is 302 g/mol. The first-order valence-electron chi connectivity index (χ1n) is 6.14. The minimum absolute atomic E-state index is 0.879. The molecule has 2 nitrogen and oxygen atoms in total. The van der Waals surface area contributed by atoms with Gasteiger partial charge in [0.15, 0.2) is 0 Å². The molecule has 0 aliphatic rings. The molecule has 0 saturated carbocycles. The lowest BCUT2D eigenvalue weighted by atomic mass is 9.86. The van der Waals surface area contributed by atoms with Crippen LogP contribution in [0, 0.1) is 0 Å². The van der Waals surface area contributed by atoms with Crippen molar-refractivity contribution in [3.63, 3.8) is 0 Å². The number of fused-ring (bicyclic) bond motifs is 1. The molecule has 19 heavy (non-hydrogen) atoms. The van der Waals surface area contributed by atoms with Crippen LogP contribution in [-0.2, 0) is 5.60 Å². The van der Waals surface area contributed by atoms with E-state index >= 15 is 0 Å². The van der Waals surface area contributed by atoms with Crippen LogP contribution in [0.1, 0.15) is 18.1 Å². The Bertz CT molecular complexity index is 713. The van der Waals surface area contributed by atoms with Gasteiger partial charge in [0.2, 0.25) is 0 Å². The largest absolute Gasteiger partial charge is 0.381 e. The summed E-state index contributed by atoms with van der Waals surface area (Å²) in [5.41, 5.74) is 1.82. The Morgan fingerprint density at radius 1 is 1.05 bits per heavy atom. The second-order valence-corrected chi connectivity index (χ2v) is 5.74. The van der Waals surface area contributed by atoms with Gasteiger partial charge < -0.3 is 10.1 Å². The molecule has 0 fully saturated rings. The van der Waals surface area contributed by atoms with Crippen LogP contribution in [0.3, 0.4) is 0 Å². The molecule has 1 atom stereocenters. The standard InChI is InChI=1S/C16H14BrNO/c1-16(19,11-5-7-12(17)8-6-11)14-3-2-4-15-13(14)9-10-18-15/h2-10,18-19H,1H3. The Labute approximate surface area is 120 Å². The van der Waals surface area contributed by atoms with Gasteiger partial charge in [-0.3, -0.25) is 0 Å². The number of aromatic amines is 1. The van der Waals surface area contributed by atoms with Crippen LogP contribution in [0.25, 0.3) is 10.9 Å². The van der Waals surface area contributed by atoms with Crippen molar-refractivity contribution in [3.8, 4) is 0 Å². The first kappa shape index (κ1) is 12.5. The monoisotopic (exact) mass is 315 g/mol. The first-order chi connectivity index (χ1) is 9.09. The summed E-state index contributed by atoms with van der Waals surface area (Å²) in [4.78, 5) is 3.17. The van der Waals surface area contributed by atoms with Crippen molar-refractivity contribution >= 4 is 26.8 Å². The summed E-state index contributed by atoms with van der Waals surface area (Å²) in [5, 5.41) is 12.0. The smallest absolute Gasteiger partial charge is 0.112 e.